The Balaban J connectivity index is 2.71. The van der Waals surface area contributed by atoms with Crippen LogP contribution in [0.25, 0.3) is 0 Å². The average molecular weight is 1110 g/mol. The molecule has 1 rings (SSSR count). The van der Waals surface area contributed by atoms with Gasteiger partial charge in [-0.1, -0.05) is 240 Å². The molecule has 0 bridgehead atoms. The van der Waals surface area contributed by atoms with Crippen molar-refractivity contribution in [3.8, 4) is 0 Å². The van der Waals surface area contributed by atoms with Gasteiger partial charge in [-0.2, -0.15) is 0 Å². The number of rotatable bonds is 52. The van der Waals surface area contributed by atoms with Crippen molar-refractivity contribution in [3.63, 3.8) is 0 Å². The maximum Gasteiger partial charge on any atom is 0.335 e. The average Bonchev–Trinajstić information content (AvgIpc) is 3.43. The van der Waals surface area contributed by atoms with Crippen molar-refractivity contribution >= 4 is 23.9 Å². The van der Waals surface area contributed by atoms with Crippen LogP contribution >= 0.6 is 0 Å². The van der Waals surface area contributed by atoms with Crippen LogP contribution in [0.3, 0.4) is 0 Å². The highest BCUT2D eigenvalue weighted by Crippen LogP contribution is 2.26. The molecule has 0 aromatic rings. The van der Waals surface area contributed by atoms with Crippen LogP contribution in [0.1, 0.15) is 252 Å². The summed E-state index contributed by atoms with van der Waals surface area (Å²) in [6.07, 6.45) is 59.4. The number of hydrogen-bond acceptors (Lipinski definition) is 11. The van der Waals surface area contributed by atoms with E-state index in [1.54, 1.807) is 0 Å². The zero-order valence-corrected chi connectivity index (χ0v) is 49.6. The summed E-state index contributed by atoms with van der Waals surface area (Å²) >= 11 is 0. The van der Waals surface area contributed by atoms with Gasteiger partial charge in [-0.15, -0.1) is 0 Å². The molecule has 6 atom stereocenters. The van der Waals surface area contributed by atoms with E-state index in [9.17, 15) is 34.5 Å². The van der Waals surface area contributed by atoms with Crippen LogP contribution in [0.4, 0.5) is 0 Å². The van der Waals surface area contributed by atoms with Crippen molar-refractivity contribution in [3.05, 3.63) is 97.2 Å². The Labute approximate surface area is 479 Å². The van der Waals surface area contributed by atoms with E-state index in [2.05, 4.69) is 106 Å². The second kappa shape index (κ2) is 54.2. The van der Waals surface area contributed by atoms with Gasteiger partial charge in [0, 0.05) is 19.3 Å². The summed E-state index contributed by atoms with van der Waals surface area (Å²) in [6, 6.07) is 0. The summed E-state index contributed by atoms with van der Waals surface area (Å²) in [7, 11) is 0. The standard InChI is InChI=1S/C67H110O12/c1-4-7-10-13-16-19-22-25-28-30-33-35-38-41-44-47-50-53-59(68)75-56-58(77-60(69)54-51-48-45-42-39-36-32-27-24-21-18-15-12-9-6-3)57-76-67-65(63(72)62(71)64(79-67)66(73)74)78-61(70)55-52-49-46-43-40-37-34-31-29-26-23-20-17-14-11-8-5-2/h7-8,10-11,16-17,19-20,25-26,28-29,34,37,43,46,58,62-65,67,71-72H,4-6,9,12-15,18,21-24,27,30-33,35-36,38-42,44-45,47-57H2,1-3H3,(H,73,74)/b10-7-,11-8-,19-16-,20-17-,28-25-,29-26-,37-34-,46-43-. The molecule has 0 radical (unpaired) electrons. The number of carboxylic acids is 1. The van der Waals surface area contributed by atoms with Crippen molar-refractivity contribution < 1.29 is 58.2 Å². The second-order valence-electron chi connectivity index (χ2n) is 20.9. The molecule has 0 spiro atoms. The largest absolute Gasteiger partial charge is 0.479 e. The van der Waals surface area contributed by atoms with Crippen LogP contribution in [-0.4, -0.2) is 89.2 Å². The summed E-state index contributed by atoms with van der Waals surface area (Å²) in [5, 5.41) is 31.5. The topological polar surface area (TPSA) is 175 Å². The van der Waals surface area contributed by atoms with E-state index in [4.69, 9.17) is 23.7 Å². The monoisotopic (exact) mass is 1110 g/mol. The summed E-state index contributed by atoms with van der Waals surface area (Å²) in [6.45, 7) is 5.75. The van der Waals surface area contributed by atoms with E-state index < -0.39 is 67.3 Å². The van der Waals surface area contributed by atoms with Crippen LogP contribution in [0.15, 0.2) is 97.2 Å². The third kappa shape index (κ3) is 44.0. The first-order valence-corrected chi connectivity index (χ1v) is 31.2. The number of aliphatic hydroxyl groups is 2. The number of aliphatic carboxylic acids is 1. The SMILES string of the molecule is CC/C=C\C/C=C\C/C=C\C/C=C\C/C=C\CCCC(=O)OC1C(OCC(COC(=O)CCCCCCCCC/C=C\C/C=C\C/C=C\CC)OC(=O)CCCCCCCCCCCCCCCCC)OC(C(=O)O)C(O)C1O. The van der Waals surface area contributed by atoms with Gasteiger partial charge in [0.1, 0.15) is 18.8 Å². The van der Waals surface area contributed by atoms with Gasteiger partial charge in [-0.25, -0.2) is 4.79 Å². The minimum atomic E-state index is -1.93. The number of ether oxygens (including phenoxy) is 5. The quantitative estimate of drug-likeness (QED) is 0.0228. The number of carboxylic acid groups (broad SMARTS) is 1. The summed E-state index contributed by atoms with van der Waals surface area (Å²) < 4.78 is 28.4. The predicted octanol–water partition coefficient (Wildman–Crippen LogP) is 16.5. The molecule has 0 aromatic heterocycles. The van der Waals surface area contributed by atoms with E-state index in [1.807, 2.05) is 12.2 Å². The van der Waals surface area contributed by atoms with Crippen molar-refractivity contribution in [2.75, 3.05) is 13.2 Å². The number of carbonyl (C=O) groups excluding carboxylic acids is 3. The highest BCUT2D eigenvalue weighted by Gasteiger charge is 2.50. The minimum Gasteiger partial charge on any atom is -0.479 e. The first-order valence-electron chi connectivity index (χ1n) is 31.2. The first kappa shape index (κ1) is 72.7. The maximum atomic E-state index is 13.2. The Kier molecular flexibility index (Phi) is 49.9. The van der Waals surface area contributed by atoms with Gasteiger partial charge < -0.3 is 39.0 Å². The van der Waals surface area contributed by atoms with E-state index in [-0.39, 0.29) is 25.9 Å². The number of carbonyl (C=O) groups is 4. The third-order valence-electron chi connectivity index (χ3n) is 13.7. The van der Waals surface area contributed by atoms with Gasteiger partial charge in [0.25, 0.3) is 0 Å². The predicted molar refractivity (Wildman–Crippen MR) is 321 cm³/mol. The highest BCUT2D eigenvalue weighted by atomic mass is 16.7. The summed E-state index contributed by atoms with van der Waals surface area (Å²) in [5.74, 6) is -3.20. The molecule has 1 heterocycles. The molecule has 450 valence electrons. The Morgan fingerprint density at radius 1 is 0.430 bits per heavy atom. The molecular formula is C67H110O12. The highest BCUT2D eigenvalue weighted by molar-refractivity contribution is 5.74. The van der Waals surface area contributed by atoms with Crippen molar-refractivity contribution in [2.24, 2.45) is 0 Å². The lowest BCUT2D eigenvalue weighted by atomic mass is 9.98. The van der Waals surface area contributed by atoms with Crippen LogP contribution in [-0.2, 0) is 42.9 Å². The van der Waals surface area contributed by atoms with Gasteiger partial charge in [0.05, 0.1) is 6.61 Å². The molecule has 1 aliphatic rings. The molecule has 6 unspecified atom stereocenters. The molecule has 1 saturated heterocycles. The Bertz CT molecular complexity index is 1740. The van der Waals surface area contributed by atoms with Gasteiger partial charge in [-0.3, -0.25) is 14.4 Å². The lowest BCUT2D eigenvalue weighted by Gasteiger charge is -2.40. The number of allylic oxidation sites excluding steroid dienone is 16. The molecule has 1 aliphatic heterocycles. The number of aliphatic hydroxyl groups excluding tert-OH is 2. The summed E-state index contributed by atoms with van der Waals surface area (Å²) in [4.78, 5) is 51.2. The smallest absolute Gasteiger partial charge is 0.335 e. The second-order valence-corrected chi connectivity index (χ2v) is 20.9. The molecule has 12 nitrogen and oxygen atoms in total. The zero-order valence-electron chi connectivity index (χ0n) is 49.6. The van der Waals surface area contributed by atoms with Crippen LogP contribution < -0.4 is 0 Å². The summed E-state index contributed by atoms with van der Waals surface area (Å²) in [5.41, 5.74) is 0. The number of esters is 3. The van der Waals surface area contributed by atoms with Crippen LogP contribution in [0, 0.1) is 0 Å². The van der Waals surface area contributed by atoms with Gasteiger partial charge in [-0.05, 0) is 89.9 Å². The van der Waals surface area contributed by atoms with E-state index in [0.717, 1.165) is 109 Å². The lowest BCUT2D eigenvalue weighted by molar-refractivity contribution is -0.301. The fourth-order valence-electron chi connectivity index (χ4n) is 8.95. The Morgan fingerprint density at radius 3 is 1.25 bits per heavy atom. The van der Waals surface area contributed by atoms with E-state index in [0.29, 0.717) is 25.7 Å². The Hall–Kier alpha value is -4.36. The maximum absolute atomic E-state index is 13.2. The fourth-order valence-corrected chi connectivity index (χ4v) is 8.95. The lowest BCUT2D eigenvalue weighted by Crippen LogP contribution is -2.61. The number of unbranched alkanes of at least 4 members (excludes halogenated alkanes) is 22. The molecule has 0 aliphatic carbocycles. The van der Waals surface area contributed by atoms with Crippen LogP contribution in [0.2, 0.25) is 0 Å². The molecule has 1 fully saturated rings. The van der Waals surface area contributed by atoms with E-state index >= 15 is 0 Å². The molecule has 3 N–H and O–H groups in total. The minimum absolute atomic E-state index is 0.0214. The molecule has 0 saturated carbocycles. The molecular weight excluding hydrogens is 997 g/mol. The molecule has 0 amide bonds. The first-order chi connectivity index (χ1) is 38.6. The van der Waals surface area contributed by atoms with Gasteiger partial charge in [0.2, 0.25) is 0 Å². The van der Waals surface area contributed by atoms with Crippen molar-refractivity contribution in [1.29, 1.82) is 0 Å². The molecule has 12 heteroatoms. The molecule has 79 heavy (non-hydrogen) atoms. The van der Waals surface area contributed by atoms with Crippen molar-refractivity contribution in [2.45, 2.75) is 289 Å². The third-order valence-corrected chi connectivity index (χ3v) is 13.7. The van der Waals surface area contributed by atoms with Gasteiger partial charge >= 0.3 is 23.9 Å². The van der Waals surface area contributed by atoms with Gasteiger partial charge in [0.15, 0.2) is 24.6 Å². The fraction of sp³-hybridized carbons (Fsp3) is 0.701. The normalized spacial score (nSPS) is 18.5. The number of hydrogen-bond donors (Lipinski definition) is 3. The van der Waals surface area contributed by atoms with Crippen molar-refractivity contribution in [1.82, 2.24) is 0 Å². The Morgan fingerprint density at radius 2 is 0.810 bits per heavy atom. The zero-order chi connectivity index (χ0) is 57.5. The van der Waals surface area contributed by atoms with E-state index in [1.165, 1.54) is 77.0 Å². The van der Waals surface area contributed by atoms with Crippen LogP contribution in [0.5, 0.6) is 0 Å². The molecule has 0 aromatic carbocycles.